The molecule has 2 aromatic heterocycles. The molecule has 26 heavy (non-hydrogen) atoms. The summed E-state index contributed by atoms with van der Waals surface area (Å²) in [5, 5.41) is 4.96. The summed E-state index contributed by atoms with van der Waals surface area (Å²) < 4.78 is 15.9. The molecule has 2 N–H and O–H groups in total. The van der Waals surface area contributed by atoms with Crippen LogP contribution in [0.4, 0.5) is 10.2 Å². The summed E-state index contributed by atoms with van der Waals surface area (Å²) in [4.78, 5) is 8.84. The first-order valence-corrected chi connectivity index (χ1v) is 8.42. The Labute approximate surface area is 154 Å². The summed E-state index contributed by atoms with van der Waals surface area (Å²) >= 11 is 6.01. The van der Waals surface area contributed by atoms with Crippen LogP contribution in [0.25, 0.3) is 16.9 Å². The lowest BCUT2D eigenvalue weighted by Gasteiger charge is -2.09. The van der Waals surface area contributed by atoms with Crippen LogP contribution in [0.2, 0.25) is 5.02 Å². The molecule has 2 heterocycles. The van der Waals surface area contributed by atoms with Crippen LogP contribution in [-0.4, -0.2) is 19.6 Å². The van der Waals surface area contributed by atoms with Crippen molar-refractivity contribution in [3.63, 3.8) is 0 Å². The van der Waals surface area contributed by atoms with Gasteiger partial charge in [-0.25, -0.2) is 18.9 Å². The summed E-state index contributed by atoms with van der Waals surface area (Å²) in [5.74, 6) is 0.390. The van der Waals surface area contributed by atoms with E-state index < -0.39 is 5.82 Å². The number of benzene rings is 2. The molecule has 0 bridgehead atoms. The highest BCUT2D eigenvalue weighted by Crippen LogP contribution is 2.29. The molecular weight excluding hydrogens is 353 g/mol. The second-order valence-electron chi connectivity index (χ2n) is 5.98. The summed E-state index contributed by atoms with van der Waals surface area (Å²) in [6, 6.07) is 14.2. The van der Waals surface area contributed by atoms with Gasteiger partial charge in [0.05, 0.1) is 11.4 Å². The van der Waals surface area contributed by atoms with Crippen molar-refractivity contribution in [2.75, 3.05) is 5.73 Å². The van der Waals surface area contributed by atoms with Gasteiger partial charge in [0.25, 0.3) is 0 Å². The zero-order valence-corrected chi connectivity index (χ0v) is 14.7. The summed E-state index contributed by atoms with van der Waals surface area (Å²) in [6.45, 7) is 1.80. The molecule has 5 nitrogen and oxygen atoms in total. The van der Waals surface area contributed by atoms with E-state index in [4.69, 9.17) is 17.3 Å². The molecule has 0 aliphatic heterocycles. The van der Waals surface area contributed by atoms with Gasteiger partial charge >= 0.3 is 0 Å². The highest BCUT2D eigenvalue weighted by Gasteiger charge is 2.18. The molecule has 0 aliphatic rings. The van der Waals surface area contributed by atoms with E-state index in [1.807, 2.05) is 30.3 Å². The Morgan fingerprint density at radius 3 is 2.65 bits per heavy atom. The van der Waals surface area contributed by atoms with Crippen LogP contribution >= 0.6 is 11.6 Å². The van der Waals surface area contributed by atoms with Gasteiger partial charge in [-0.2, -0.15) is 5.10 Å². The fourth-order valence-corrected chi connectivity index (χ4v) is 3.07. The molecule has 0 aliphatic carbocycles. The Kier molecular flexibility index (Phi) is 4.05. The molecule has 4 rings (SSSR count). The topological polar surface area (TPSA) is 69.1 Å². The zero-order valence-electron chi connectivity index (χ0n) is 13.9. The van der Waals surface area contributed by atoms with Crippen LogP contribution in [0.3, 0.4) is 0 Å². The molecule has 0 saturated carbocycles. The molecule has 0 fully saturated rings. The number of aryl methyl sites for hydroxylation is 1. The third kappa shape index (κ3) is 2.88. The molecule has 0 atom stereocenters. The number of nitrogen functional groups attached to an aromatic ring is 1. The maximum absolute atomic E-state index is 14.3. The fraction of sp³-hybridized carbons (Fsp3) is 0.105. The minimum absolute atomic E-state index is 0.191. The van der Waals surface area contributed by atoms with Gasteiger partial charge in [-0.3, -0.25) is 0 Å². The number of nitrogens with zero attached hydrogens (tertiary/aromatic N) is 4. The van der Waals surface area contributed by atoms with Gasteiger partial charge in [0.15, 0.2) is 17.3 Å². The number of hydrogen-bond acceptors (Lipinski definition) is 4. The fourth-order valence-electron chi connectivity index (χ4n) is 2.89. The number of aromatic nitrogens is 4. The molecule has 130 valence electrons. The van der Waals surface area contributed by atoms with Crippen molar-refractivity contribution in [1.29, 1.82) is 0 Å². The maximum atomic E-state index is 14.3. The highest BCUT2D eigenvalue weighted by atomic mass is 35.5. The van der Waals surface area contributed by atoms with Crippen LogP contribution in [0.15, 0.2) is 48.5 Å². The molecule has 2 aromatic carbocycles. The van der Waals surface area contributed by atoms with E-state index in [1.54, 1.807) is 11.4 Å². The SMILES string of the molecule is Cc1c(-c2cc(Cl)ccc2F)nc(N)c2nc(Cc3ccccc3)nn12. The molecular formula is C19H15ClFN5. The lowest BCUT2D eigenvalue weighted by atomic mass is 10.1. The average Bonchev–Trinajstić information content (AvgIpc) is 3.06. The van der Waals surface area contributed by atoms with Crippen molar-refractivity contribution in [2.24, 2.45) is 0 Å². The third-order valence-electron chi connectivity index (χ3n) is 4.16. The first-order valence-electron chi connectivity index (χ1n) is 8.04. The number of hydrogen-bond donors (Lipinski definition) is 1. The molecule has 0 unspecified atom stereocenters. The van der Waals surface area contributed by atoms with E-state index in [0.29, 0.717) is 34.3 Å². The van der Waals surface area contributed by atoms with Crippen molar-refractivity contribution >= 4 is 23.1 Å². The van der Waals surface area contributed by atoms with Crippen molar-refractivity contribution in [3.8, 4) is 11.3 Å². The highest BCUT2D eigenvalue weighted by molar-refractivity contribution is 6.30. The minimum atomic E-state index is -0.423. The van der Waals surface area contributed by atoms with E-state index in [0.717, 1.165) is 5.56 Å². The van der Waals surface area contributed by atoms with Crippen molar-refractivity contribution in [3.05, 3.63) is 76.5 Å². The predicted octanol–water partition coefficient (Wildman–Crippen LogP) is 4.07. The molecule has 0 spiro atoms. The Morgan fingerprint density at radius 2 is 1.88 bits per heavy atom. The quantitative estimate of drug-likeness (QED) is 0.592. The second kappa shape index (κ2) is 6.38. The van der Waals surface area contributed by atoms with Gasteiger partial charge in [0.1, 0.15) is 5.82 Å². The van der Waals surface area contributed by atoms with Crippen molar-refractivity contribution in [2.45, 2.75) is 13.3 Å². The predicted molar refractivity (Wildman–Crippen MR) is 99.6 cm³/mol. The Hall–Kier alpha value is -2.99. The van der Waals surface area contributed by atoms with Crippen LogP contribution in [-0.2, 0) is 6.42 Å². The normalized spacial score (nSPS) is 11.2. The van der Waals surface area contributed by atoms with Crippen LogP contribution in [0, 0.1) is 12.7 Å². The molecule has 0 amide bonds. The number of rotatable bonds is 3. The van der Waals surface area contributed by atoms with Crippen LogP contribution < -0.4 is 5.73 Å². The molecule has 7 heteroatoms. The van der Waals surface area contributed by atoms with Gasteiger partial charge in [0, 0.05) is 17.0 Å². The van der Waals surface area contributed by atoms with Gasteiger partial charge in [-0.15, -0.1) is 0 Å². The van der Waals surface area contributed by atoms with E-state index in [9.17, 15) is 4.39 Å². The lowest BCUT2D eigenvalue weighted by Crippen LogP contribution is -2.05. The molecule has 0 saturated heterocycles. The molecule has 0 radical (unpaired) electrons. The smallest absolute Gasteiger partial charge is 0.198 e. The largest absolute Gasteiger partial charge is 0.381 e. The number of halogens is 2. The lowest BCUT2D eigenvalue weighted by molar-refractivity contribution is 0.630. The zero-order chi connectivity index (χ0) is 18.3. The van der Waals surface area contributed by atoms with Crippen LogP contribution in [0.5, 0.6) is 0 Å². The number of anilines is 1. The molecule has 4 aromatic rings. The van der Waals surface area contributed by atoms with E-state index in [1.165, 1.54) is 18.2 Å². The van der Waals surface area contributed by atoms with Gasteiger partial charge in [-0.1, -0.05) is 41.9 Å². The third-order valence-corrected chi connectivity index (χ3v) is 4.40. The Balaban J connectivity index is 1.85. The first kappa shape index (κ1) is 16.5. The maximum Gasteiger partial charge on any atom is 0.198 e. The first-order chi connectivity index (χ1) is 12.5. The van der Waals surface area contributed by atoms with E-state index in [2.05, 4.69) is 15.1 Å². The van der Waals surface area contributed by atoms with Crippen molar-refractivity contribution in [1.82, 2.24) is 19.6 Å². The Morgan fingerprint density at radius 1 is 1.12 bits per heavy atom. The summed E-state index contributed by atoms with van der Waals surface area (Å²) in [5.41, 5.74) is 8.93. The van der Waals surface area contributed by atoms with Crippen molar-refractivity contribution < 1.29 is 4.39 Å². The van der Waals surface area contributed by atoms with Gasteiger partial charge in [-0.05, 0) is 30.7 Å². The summed E-state index contributed by atoms with van der Waals surface area (Å²) in [7, 11) is 0. The van der Waals surface area contributed by atoms with Gasteiger partial charge in [0.2, 0.25) is 0 Å². The van der Waals surface area contributed by atoms with E-state index >= 15 is 0 Å². The Bertz CT molecular complexity index is 1110. The number of fused-ring (bicyclic) bond motifs is 1. The van der Waals surface area contributed by atoms with Gasteiger partial charge < -0.3 is 5.73 Å². The van der Waals surface area contributed by atoms with Crippen LogP contribution in [0.1, 0.15) is 17.1 Å². The average molecular weight is 368 g/mol. The standard InChI is InChI=1S/C19H15ClFN5/c1-11-17(14-10-13(20)7-8-15(14)21)24-18(22)19-23-16(25-26(11)19)9-12-5-3-2-4-6-12/h2-8,10H,9H2,1H3,(H2,22,24). The number of nitrogens with two attached hydrogens (primary N) is 1. The monoisotopic (exact) mass is 367 g/mol. The minimum Gasteiger partial charge on any atom is -0.381 e. The van der Waals surface area contributed by atoms with E-state index in [-0.39, 0.29) is 11.4 Å². The summed E-state index contributed by atoms with van der Waals surface area (Å²) in [6.07, 6.45) is 0.572. The second-order valence-corrected chi connectivity index (χ2v) is 6.42.